The first kappa shape index (κ1) is 14.9. The Hall–Kier alpha value is -2.00. The van der Waals surface area contributed by atoms with Gasteiger partial charge in [-0.3, -0.25) is 0 Å². The van der Waals surface area contributed by atoms with Crippen LogP contribution in [0.1, 0.15) is 18.1 Å². The highest BCUT2D eigenvalue weighted by molar-refractivity contribution is 5.57. The van der Waals surface area contributed by atoms with Crippen LogP contribution in [0.25, 0.3) is 0 Å². The fourth-order valence-corrected chi connectivity index (χ4v) is 2.92. The minimum absolute atomic E-state index is 0.324. The van der Waals surface area contributed by atoms with E-state index in [1.54, 1.807) is 0 Å². The van der Waals surface area contributed by atoms with Crippen LogP contribution in [0.5, 0.6) is 5.75 Å². The summed E-state index contributed by atoms with van der Waals surface area (Å²) in [4.78, 5) is 2.24. The second kappa shape index (κ2) is 6.84. The lowest BCUT2D eigenvalue weighted by Crippen LogP contribution is -2.34. The lowest BCUT2D eigenvalue weighted by Gasteiger charge is -2.23. The number of aliphatic hydroxyl groups excluding tert-OH is 1. The van der Waals surface area contributed by atoms with E-state index in [4.69, 9.17) is 4.74 Å². The molecule has 1 aliphatic heterocycles. The zero-order valence-electron chi connectivity index (χ0n) is 13.0. The standard InChI is InChI=1S/C19H23NO2/c1-2-15-7-9-18(10-8-15)22-14-17(21)13-20-12-11-16-5-3-4-6-19(16)20/h3-10,17,21H,2,11-14H2,1H3/t17-/m0/s1. The Bertz CT molecular complexity index is 609. The van der Waals surface area contributed by atoms with Crippen molar-refractivity contribution in [3.05, 3.63) is 59.7 Å². The number of para-hydroxylation sites is 1. The highest BCUT2D eigenvalue weighted by Gasteiger charge is 2.20. The van der Waals surface area contributed by atoms with E-state index in [0.717, 1.165) is 25.1 Å². The molecule has 1 N–H and O–H groups in total. The van der Waals surface area contributed by atoms with Crippen molar-refractivity contribution in [2.45, 2.75) is 25.9 Å². The van der Waals surface area contributed by atoms with Gasteiger partial charge in [-0.2, -0.15) is 0 Å². The summed E-state index contributed by atoms with van der Waals surface area (Å²) in [7, 11) is 0. The Kier molecular flexibility index (Phi) is 4.64. The monoisotopic (exact) mass is 297 g/mol. The Morgan fingerprint density at radius 3 is 2.68 bits per heavy atom. The number of fused-ring (bicyclic) bond motifs is 1. The number of anilines is 1. The molecule has 1 atom stereocenters. The van der Waals surface area contributed by atoms with Crippen LogP contribution >= 0.6 is 0 Å². The van der Waals surface area contributed by atoms with E-state index >= 15 is 0 Å². The summed E-state index contributed by atoms with van der Waals surface area (Å²) in [5, 5.41) is 10.2. The van der Waals surface area contributed by atoms with Gasteiger partial charge in [-0.25, -0.2) is 0 Å². The van der Waals surface area contributed by atoms with Crippen LogP contribution in [0.4, 0.5) is 5.69 Å². The molecule has 0 spiro atoms. The second-order valence-corrected chi connectivity index (χ2v) is 5.79. The molecule has 0 aromatic heterocycles. The van der Waals surface area contributed by atoms with Gasteiger partial charge in [-0.05, 0) is 42.2 Å². The molecule has 3 nitrogen and oxygen atoms in total. The number of benzene rings is 2. The van der Waals surface area contributed by atoms with E-state index in [2.05, 4.69) is 48.2 Å². The second-order valence-electron chi connectivity index (χ2n) is 5.79. The van der Waals surface area contributed by atoms with Crippen molar-refractivity contribution < 1.29 is 9.84 Å². The average molecular weight is 297 g/mol. The van der Waals surface area contributed by atoms with Gasteiger partial charge < -0.3 is 14.7 Å². The molecule has 22 heavy (non-hydrogen) atoms. The molecule has 0 bridgehead atoms. The smallest absolute Gasteiger partial charge is 0.119 e. The SMILES string of the molecule is CCc1ccc(OC[C@@H](O)CN2CCc3ccccc32)cc1. The molecular weight excluding hydrogens is 274 g/mol. The number of nitrogens with zero attached hydrogens (tertiary/aromatic N) is 1. The third kappa shape index (κ3) is 3.42. The third-order valence-corrected chi connectivity index (χ3v) is 4.19. The largest absolute Gasteiger partial charge is 0.491 e. The maximum absolute atomic E-state index is 10.2. The van der Waals surface area contributed by atoms with Gasteiger partial charge in [0.2, 0.25) is 0 Å². The van der Waals surface area contributed by atoms with Gasteiger partial charge in [0.05, 0.1) is 0 Å². The molecule has 3 heteroatoms. The van der Waals surface area contributed by atoms with E-state index in [1.165, 1.54) is 16.8 Å². The summed E-state index contributed by atoms with van der Waals surface area (Å²) in [5.41, 5.74) is 3.90. The molecule has 2 aromatic carbocycles. The van der Waals surface area contributed by atoms with Gasteiger partial charge in [0, 0.05) is 18.8 Å². The van der Waals surface area contributed by atoms with Crippen LogP contribution in [0.15, 0.2) is 48.5 Å². The summed E-state index contributed by atoms with van der Waals surface area (Å²) in [5.74, 6) is 0.818. The molecule has 3 rings (SSSR count). The fourth-order valence-electron chi connectivity index (χ4n) is 2.92. The lowest BCUT2D eigenvalue weighted by molar-refractivity contribution is 0.112. The van der Waals surface area contributed by atoms with Crippen LogP contribution in [0.2, 0.25) is 0 Å². The third-order valence-electron chi connectivity index (χ3n) is 4.19. The Morgan fingerprint density at radius 2 is 1.91 bits per heavy atom. The molecule has 116 valence electrons. The molecule has 0 saturated carbocycles. The van der Waals surface area contributed by atoms with Crippen LogP contribution in [0, 0.1) is 0 Å². The molecule has 0 unspecified atom stereocenters. The number of aryl methyl sites for hydroxylation is 1. The van der Waals surface area contributed by atoms with Gasteiger partial charge >= 0.3 is 0 Å². The normalized spacial score (nSPS) is 14.7. The van der Waals surface area contributed by atoms with E-state index in [0.29, 0.717) is 13.2 Å². The number of hydrogen-bond acceptors (Lipinski definition) is 3. The molecular formula is C19H23NO2. The van der Waals surface area contributed by atoms with E-state index < -0.39 is 6.10 Å². The molecule has 0 fully saturated rings. The number of ether oxygens (including phenoxy) is 1. The van der Waals surface area contributed by atoms with Crippen molar-refractivity contribution in [1.82, 2.24) is 0 Å². The first-order chi connectivity index (χ1) is 10.8. The maximum Gasteiger partial charge on any atom is 0.119 e. The highest BCUT2D eigenvalue weighted by atomic mass is 16.5. The van der Waals surface area contributed by atoms with Gasteiger partial charge in [-0.1, -0.05) is 37.3 Å². The Morgan fingerprint density at radius 1 is 1.14 bits per heavy atom. The van der Waals surface area contributed by atoms with Gasteiger partial charge in [0.15, 0.2) is 0 Å². The molecule has 0 radical (unpaired) electrons. The van der Waals surface area contributed by atoms with E-state index in [9.17, 15) is 5.11 Å². The lowest BCUT2D eigenvalue weighted by atomic mass is 10.2. The summed E-state index contributed by atoms with van der Waals surface area (Å²) >= 11 is 0. The molecule has 0 aliphatic carbocycles. The van der Waals surface area contributed by atoms with Gasteiger partial charge in [-0.15, -0.1) is 0 Å². The van der Waals surface area contributed by atoms with Crippen LogP contribution in [-0.2, 0) is 12.8 Å². The minimum atomic E-state index is -0.489. The van der Waals surface area contributed by atoms with Crippen molar-refractivity contribution in [2.75, 3.05) is 24.6 Å². The molecule has 2 aromatic rings. The summed E-state index contributed by atoms with van der Waals surface area (Å²) in [6, 6.07) is 16.5. The molecule has 0 amide bonds. The quantitative estimate of drug-likeness (QED) is 0.889. The number of hydrogen-bond donors (Lipinski definition) is 1. The van der Waals surface area contributed by atoms with Gasteiger partial charge in [0.1, 0.15) is 18.5 Å². The average Bonchev–Trinajstić information content (AvgIpc) is 2.97. The topological polar surface area (TPSA) is 32.7 Å². The summed E-state index contributed by atoms with van der Waals surface area (Å²) in [6.07, 6.45) is 1.59. The van der Waals surface area contributed by atoms with Crippen LogP contribution in [-0.4, -0.2) is 30.9 Å². The van der Waals surface area contributed by atoms with Crippen molar-refractivity contribution in [1.29, 1.82) is 0 Å². The predicted octanol–water partition coefficient (Wildman–Crippen LogP) is 3.05. The van der Waals surface area contributed by atoms with Crippen molar-refractivity contribution in [3.63, 3.8) is 0 Å². The Balaban J connectivity index is 1.51. The summed E-state index contributed by atoms with van der Waals surface area (Å²) < 4.78 is 5.69. The van der Waals surface area contributed by atoms with Crippen molar-refractivity contribution in [2.24, 2.45) is 0 Å². The van der Waals surface area contributed by atoms with Crippen molar-refractivity contribution >= 4 is 5.69 Å². The number of aliphatic hydroxyl groups is 1. The Labute approximate surface area is 132 Å². The fraction of sp³-hybridized carbons (Fsp3) is 0.368. The summed E-state index contributed by atoms with van der Waals surface area (Å²) in [6.45, 7) is 4.04. The van der Waals surface area contributed by atoms with E-state index in [-0.39, 0.29) is 0 Å². The number of β-amino-alcohol motifs (C(OH)–C–C–N with tert-alkyl or cyclic N) is 1. The van der Waals surface area contributed by atoms with E-state index in [1.807, 2.05) is 12.1 Å². The molecule has 1 aliphatic rings. The zero-order chi connectivity index (χ0) is 15.4. The van der Waals surface area contributed by atoms with Crippen LogP contribution < -0.4 is 9.64 Å². The minimum Gasteiger partial charge on any atom is -0.491 e. The first-order valence-electron chi connectivity index (χ1n) is 7.99. The zero-order valence-corrected chi connectivity index (χ0v) is 13.0. The predicted molar refractivity (Wildman–Crippen MR) is 89.7 cm³/mol. The molecule has 1 heterocycles. The van der Waals surface area contributed by atoms with Crippen LogP contribution in [0.3, 0.4) is 0 Å². The number of rotatable bonds is 6. The van der Waals surface area contributed by atoms with Crippen molar-refractivity contribution in [3.8, 4) is 5.75 Å². The highest BCUT2D eigenvalue weighted by Crippen LogP contribution is 2.27. The maximum atomic E-state index is 10.2. The van der Waals surface area contributed by atoms with Gasteiger partial charge in [0.25, 0.3) is 0 Å². The molecule has 0 saturated heterocycles. The first-order valence-corrected chi connectivity index (χ1v) is 7.99.